The highest BCUT2D eigenvalue weighted by molar-refractivity contribution is 5.70. The molecular formula is C12H15NO3. The van der Waals surface area contributed by atoms with Crippen LogP contribution in [0, 0.1) is 6.92 Å². The number of aliphatic hydroxyl groups is 1. The van der Waals surface area contributed by atoms with Gasteiger partial charge in [0.05, 0.1) is 12.6 Å². The van der Waals surface area contributed by atoms with Gasteiger partial charge in [0.25, 0.3) is 0 Å². The van der Waals surface area contributed by atoms with Gasteiger partial charge in [-0.15, -0.1) is 0 Å². The molecule has 0 spiro atoms. The van der Waals surface area contributed by atoms with Crippen molar-refractivity contribution in [3.05, 3.63) is 35.4 Å². The summed E-state index contributed by atoms with van der Waals surface area (Å²) in [6, 6.07) is 7.94. The number of rotatable bonds is 3. The number of carbonyl (C=O) groups is 1. The molecule has 4 nitrogen and oxygen atoms in total. The fraction of sp³-hybridized carbons (Fsp3) is 0.417. The summed E-state index contributed by atoms with van der Waals surface area (Å²) in [6.45, 7) is 1.88. The highest BCUT2D eigenvalue weighted by Gasteiger charge is 2.33. The molecule has 1 fully saturated rings. The maximum Gasteiger partial charge on any atom is 0.407 e. The molecule has 86 valence electrons. The summed E-state index contributed by atoms with van der Waals surface area (Å²) in [7, 11) is 0. The third-order valence-corrected chi connectivity index (χ3v) is 2.73. The van der Waals surface area contributed by atoms with E-state index < -0.39 is 12.2 Å². The molecule has 1 aliphatic heterocycles. The van der Waals surface area contributed by atoms with Gasteiger partial charge < -0.3 is 15.2 Å². The summed E-state index contributed by atoms with van der Waals surface area (Å²) >= 11 is 0. The molecule has 2 N–H and O–H groups in total. The summed E-state index contributed by atoms with van der Waals surface area (Å²) in [4.78, 5) is 11.0. The average molecular weight is 221 g/mol. The highest BCUT2D eigenvalue weighted by atomic mass is 16.6. The molecule has 2 atom stereocenters. The van der Waals surface area contributed by atoms with Crippen LogP contribution in [0.15, 0.2) is 24.3 Å². The topological polar surface area (TPSA) is 58.6 Å². The summed E-state index contributed by atoms with van der Waals surface area (Å²) < 4.78 is 4.93. The Bertz CT molecular complexity index is 392. The zero-order valence-electron chi connectivity index (χ0n) is 9.14. The quantitative estimate of drug-likeness (QED) is 0.800. The molecule has 0 aromatic heterocycles. The first-order chi connectivity index (χ1) is 7.69. The molecule has 1 saturated heterocycles. The highest BCUT2D eigenvalue weighted by Crippen LogP contribution is 2.14. The molecule has 0 unspecified atom stereocenters. The van der Waals surface area contributed by atoms with Gasteiger partial charge in [0.15, 0.2) is 0 Å². The first-order valence-electron chi connectivity index (χ1n) is 5.32. The second kappa shape index (κ2) is 4.53. The summed E-state index contributed by atoms with van der Waals surface area (Å²) in [6.07, 6.45) is -0.205. The minimum Gasteiger partial charge on any atom is -0.442 e. The Morgan fingerprint density at radius 1 is 1.50 bits per heavy atom. The third-order valence-electron chi connectivity index (χ3n) is 2.73. The molecule has 0 bridgehead atoms. The molecule has 1 aliphatic rings. The van der Waals surface area contributed by atoms with E-state index in [-0.39, 0.29) is 12.6 Å². The first-order valence-corrected chi connectivity index (χ1v) is 5.32. The monoisotopic (exact) mass is 221 g/mol. The number of cyclic esters (lactones) is 1. The second-order valence-electron chi connectivity index (χ2n) is 4.07. The molecule has 0 aliphatic carbocycles. The van der Waals surface area contributed by atoms with Gasteiger partial charge in [-0.3, -0.25) is 0 Å². The van der Waals surface area contributed by atoms with Crippen molar-refractivity contribution in [2.24, 2.45) is 0 Å². The predicted molar refractivity (Wildman–Crippen MR) is 59.2 cm³/mol. The molecule has 0 saturated carbocycles. The van der Waals surface area contributed by atoms with E-state index in [4.69, 9.17) is 9.84 Å². The summed E-state index contributed by atoms with van der Waals surface area (Å²) in [5.74, 6) is 0. The molecule has 1 heterocycles. The van der Waals surface area contributed by atoms with Gasteiger partial charge in [-0.25, -0.2) is 4.79 Å². The van der Waals surface area contributed by atoms with Crippen LogP contribution in [0.2, 0.25) is 0 Å². The Morgan fingerprint density at radius 2 is 2.31 bits per heavy atom. The maximum atomic E-state index is 11.0. The van der Waals surface area contributed by atoms with Crippen molar-refractivity contribution >= 4 is 6.09 Å². The van der Waals surface area contributed by atoms with Gasteiger partial charge in [0, 0.05) is 0 Å². The molecule has 4 heteroatoms. The van der Waals surface area contributed by atoms with Gasteiger partial charge in [-0.1, -0.05) is 29.8 Å². The van der Waals surface area contributed by atoms with E-state index in [0.29, 0.717) is 6.42 Å². The van der Waals surface area contributed by atoms with Crippen molar-refractivity contribution in [1.82, 2.24) is 5.32 Å². The SMILES string of the molecule is Cc1cccc(C[C@@H]2NC(=O)O[C@@H]2CO)c1. The van der Waals surface area contributed by atoms with Gasteiger partial charge in [0.1, 0.15) is 6.10 Å². The molecule has 1 amide bonds. The van der Waals surface area contributed by atoms with Crippen molar-refractivity contribution in [1.29, 1.82) is 0 Å². The van der Waals surface area contributed by atoms with Crippen molar-refractivity contribution in [3.63, 3.8) is 0 Å². The number of aliphatic hydroxyl groups excluding tert-OH is 1. The summed E-state index contributed by atoms with van der Waals surface area (Å²) in [5, 5.41) is 11.8. The smallest absolute Gasteiger partial charge is 0.407 e. The largest absolute Gasteiger partial charge is 0.442 e. The van der Waals surface area contributed by atoms with E-state index in [9.17, 15) is 4.79 Å². The summed E-state index contributed by atoms with van der Waals surface area (Å²) in [5.41, 5.74) is 2.32. The normalized spacial score (nSPS) is 24.0. The number of carbonyl (C=O) groups excluding carboxylic acids is 1. The number of ether oxygens (including phenoxy) is 1. The van der Waals surface area contributed by atoms with Crippen LogP contribution in [0.25, 0.3) is 0 Å². The minimum absolute atomic E-state index is 0.140. The van der Waals surface area contributed by atoms with Crippen LogP contribution in [-0.4, -0.2) is 30.0 Å². The molecule has 1 aromatic rings. The van der Waals surface area contributed by atoms with Crippen molar-refractivity contribution in [2.75, 3.05) is 6.61 Å². The van der Waals surface area contributed by atoms with E-state index in [2.05, 4.69) is 11.4 Å². The number of nitrogens with one attached hydrogen (secondary N) is 1. The van der Waals surface area contributed by atoms with Gasteiger partial charge in [-0.05, 0) is 18.9 Å². The van der Waals surface area contributed by atoms with E-state index >= 15 is 0 Å². The zero-order chi connectivity index (χ0) is 11.5. The van der Waals surface area contributed by atoms with E-state index in [1.807, 2.05) is 25.1 Å². The Morgan fingerprint density at radius 3 is 3.00 bits per heavy atom. The van der Waals surface area contributed by atoms with Crippen LogP contribution < -0.4 is 5.32 Å². The molecule has 16 heavy (non-hydrogen) atoms. The molecule has 1 aromatic carbocycles. The Balaban J connectivity index is 2.06. The zero-order valence-corrected chi connectivity index (χ0v) is 9.14. The van der Waals surface area contributed by atoms with E-state index in [1.165, 1.54) is 5.56 Å². The number of amides is 1. The molecular weight excluding hydrogens is 206 g/mol. The van der Waals surface area contributed by atoms with Crippen LogP contribution in [-0.2, 0) is 11.2 Å². The minimum atomic E-state index is -0.447. The number of benzene rings is 1. The molecule has 2 rings (SSSR count). The van der Waals surface area contributed by atoms with Gasteiger partial charge in [0.2, 0.25) is 0 Å². The maximum absolute atomic E-state index is 11.0. The number of hydrogen-bond acceptors (Lipinski definition) is 3. The van der Waals surface area contributed by atoms with Crippen molar-refractivity contribution < 1.29 is 14.6 Å². The van der Waals surface area contributed by atoms with Crippen LogP contribution in [0.5, 0.6) is 0 Å². The van der Waals surface area contributed by atoms with Crippen molar-refractivity contribution in [3.8, 4) is 0 Å². The Kier molecular flexibility index (Phi) is 3.10. The lowest BCUT2D eigenvalue weighted by Gasteiger charge is -2.14. The number of aryl methyl sites for hydroxylation is 1. The Labute approximate surface area is 94.2 Å². The predicted octanol–water partition coefficient (Wildman–Crippen LogP) is 1.01. The van der Waals surface area contributed by atoms with Crippen LogP contribution >= 0.6 is 0 Å². The second-order valence-corrected chi connectivity index (χ2v) is 4.07. The fourth-order valence-corrected chi connectivity index (χ4v) is 1.94. The standard InChI is InChI=1S/C12H15NO3/c1-8-3-2-4-9(5-8)6-10-11(7-14)16-12(15)13-10/h2-5,10-11,14H,6-7H2,1H3,(H,13,15)/t10-,11+/m0/s1. The lowest BCUT2D eigenvalue weighted by molar-refractivity contribution is 0.0829. The van der Waals surface area contributed by atoms with Crippen LogP contribution in [0.3, 0.4) is 0 Å². The fourth-order valence-electron chi connectivity index (χ4n) is 1.94. The number of alkyl carbamates (subject to hydrolysis) is 1. The van der Waals surface area contributed by atoms with E-state index in [1.54, 1.807) is 0 Å². The third kappa shape index (κ3) is 2.33. The van der Waals surface area contributed by atoms with Crippen LogP contribution in [0.1, 0.15) is 11.1 Å². The van der Waals surface area contributed by atoms with Gasteiger partial charge in [-0.2, -0.15) is 0 Å². The van der Waals surface area contributed by atoms with Crippen LogP contribution in [0.4, 0.5) is 4.79 Å². The lowest BCUT2D eigenvalue weighted by atomic mass is 10.0. The van der Waals surface area contributed by atoms with Crippen molar-refractivity contribution in [2.45, 2.75) is 25.5 Å². The first kappa shape index (κ1) is 11.0. The van der Waals surface area contributed by atoms with Gasteiger partial charge >= 0.3 is 6.09 Å². The lowest BCUT2D eigenvalue weighted by Crippen LogP contribution is -2.35. The van der Waals surface area contributed by atoms with E-state index in [0.717, 1.165) is 5.56 Å². The number of hydrogen-bond donors (Lipinski definition) is 2. The molecule has 0 radical (unpaired) electrons. The average Bonchev–Trinajstić information content (AvgIpc) is 2.59. The Hall–Kier alpha value is -1.55.